The van der Waals surface area contributed by atoms with E-state index in [1.54, 1.807) is 6.07 Å². The van der Waals surface area contributed by atoms with Crippen molar-refractivity contribution in [2.45, 2.75) is 87.1 Å². The van der Waals surface area contributed by atoms with Crippen LogP contribution in [0.4, 0.5) is 24.5 Å². The van der Waals surface area contributed by atoms with Gasteiger partial charge < -0.3 is 14.5 Å². The number of anilines is 2. The molecule has 4 rings (SSSR count). The number of rotatable bonds is 16. The summed E-state index contributed by atoms with van der Waals surface area (Å²) in [5.41, 5.74) is 0.993. The maximum Gasteiger partial charge on any atom is 0.416 e. The number of nitrogens with zero attached hydrogens (tertiary/aromatic N) is 3. The van der Waals surface area contributed by atoms with Gasteiger partial charge >= 0.3 is 12.1 Å². The van der Waals surface area contributed by atoms with Gasteiger partial charge in [-0.15, -0.1) is 0 Å². The third kappa shape index (κ3) is 9.91. The predicted molar refractivity (Wildman–Crippen MR) is 165 cm³/mol. The van der Waals surface area contributed by atoms with Gasteiger partial charge in [0.15, 0.2) is 0 Å². The smallest absolute Gasteiger partial charge is 0.416 e. The first-order chi connectivity index (χ1) is 20.3. The third-order valence-electron chi connectivity index (χ3n) is 8.18. The molecule has 2 aromatic carbocycles. The number of benzene rings is 2. The summed E-state index contributed by atoms with van der Waals surface area (Å²) in [5, 5.41) is 0. The van der Waals surface area contributed by atoms with Crippen molar-refractivity contribution in [3.05, 3.63) is 48.0 Å². The SMILES string of the molecule is CCCCCCCCCCC(=O)OCCN1CCN(CCCN2c3ccccc3Sc3ccc(C(F)(F)F)cc32)CC1. The van der Waals surface area contributed by atoms with Gasteiger partial charge in [-0.3, -0.25) is 9.69 Å². The molecule has 0 aromatic heterocycles. The number of unbranched alkanes of at least 4 members (excludes halogenated alkanes) is 7. The molecule has 1 saturated heterocycles. The van der Waals surface area contributed by atoms with Crippen LogP contribution in [0, 0.1) is 0 Å². The van der Waals surface area contributed by atoms with Crippen LogP contribution in [0.3, 0.4) is 0 Å². The summed E-state index contributed by atoms with van der Waals surface area (Å²) in [6.07, 6.45) is 6.72. The van der Waals surface area contributed by atoms with Crippen molar-refractivity contribution in [1.29, 1.82) is 0 Å². The molecule has 9 heteroatoms. The first-order valence-electron chi connectivity index (χ1n) is 15.7. The quantitative estimate of drug-likeness (QED) is 0.141. The van der Waals surface area contributed by atoms with Crippen LogP contribution in [-0.2, 0) is 15.7 Å². The highest BCUT2D eigenvalue weighted by molar-refractivity contribution is 7.99. The largest absolute Gasteiger partial charge is 0.464 e. The summed E-state index contributed by atoms with van der Waals surface area (Å²) in [7, 11) is 0. The van der Waals surface area contributed by atoms with Crippen molar-refractivity contribution < 1.29 is 22.7 Å². The number of ether oxygens (including phenoxy) is 1. The molecule has 1 fully saturated rings. The number of alkyl halides is 3. The fourth-order valence-corrected chi connectivity index (χ4v) is 6.78. The molecular formula is C33H46F3N3O2S. The van der Waals surface area contributed by atoms with Crippen LogP contribution in [0.2, 0.25) is 0 Å². The van der Waals surface area contributed by atoms with Gasteiger partial charge in [0.2, 0.25) is 0 Å². The number of hydrogen-bond acceptors (Lipinski definition) is 6. The number of halogens is 3. The van der Waals surface area contributed by atoms with Crippen LogP contribution >= 0.6 is 11.8 Å². The zero-order valence-corrected chi connectivity index (χ0v) is 25.8. The van der Waals surface area contributed by atoms with Gasteiger partial charge in [0, 0.05) is 55.5 Å². The molecule has 0 aliphatic carbocycles. The minimum absolute atomic E-state index is 0.0822. The highest BCUT2D eigenvalue weighted by atomic mass is 32.2. The Morgan fingerprint density at radius 3 is 2.14 bits per heavy atom. The number of para-hydroxylation sites is 1. The number of esters is 1. The lowest BCUT2D eigenvalue weighted by molar-refractivity contribution is -0.144. The van der Waals surface area contributed by atoms with Gasteiger partial charge in [-0.2, -0.15) is 13.2 Å². The van der Waals surface area contributed by atoms with E-state index in [1.165, 1.54) is 62.4 Å². The zero-order valence-electron chi connectivity index (χ0n) is 25.0. The summed E-state index contributed by atoms with van der Waals surface area (Å²) >= 11 is 1.53. The Morgan fingerprint density at radius 1 is 0.786 bits per heavy atom. The minimum Gasteiger partial charge on any atom is -0.464 e. The minimum atomic E-state index is -4.37. The van der Waals surface area contributed by atoms with E-state index < -0.39 is 11.7 Å². The van der Waals surface area contributed by atoms with Gasteiger partial charge in [0.05, 0.1) is 16.9 Å². The number of piperazine rings is 1. The Hall–Kier alpha value is -2.23. The molecule has 0 unspecified atom stereocenters. The van der Waals surface area contributed by atoms with Gasteiger partial charge in [-0.05, 0) is 49.7 Å². The third-order valence-corrected chi connectivity index (χ3v) is 9.31. The predicted octanol–water partition coefficient (Wildman–Crippen LogP) is 8.39. The molecule has 232 valence electrons. The molecule has 2 aliphatic rings. The summed E-state index contributed by atoms with van der Waals surface area (Å²) < 4.78 is 45.9. The molecule has 0 radical (unpaired) electrons. The van der Waals surface area contributed by atoms with E-state index in [2.05, 4.69) is 21.6 Å². The molecule has 2 aliphatic heterocycles. The Kier molecular flexibility index (Phi) is 12.9. The average Bonchev–Trinajstić information content (AvgIpc) is 2.98. The average molecular weight is 606 g/mol. The maximum absolute atomic E-state index is 13.5. The molecule has 2 heterocycles. The summed E-state index contributed by atoms with van der Waals surface area (Å²) in [6.45, 7) is 8.71. The highest BCUT2D eigenvalue weighted by Crippen LogP contribution is 2.49. The van der Waals surface area contributed by atoms with Gasteiger partial charge in [0.25, 0.3) is 0 Å². The second-order valence-electron chi connectivity index (χ2n) is 11.4. The molecule has 0 amide bonds. The van der Waals surface area contributed by atoms with Crippen LogP contribution in [0.15, 0.2) is 52.3 Å². The van der Waals surface area contributed by atoms with E-state index in [9.17, 15) is 18.0 Å². The number of carbonyl (C=O) groups is 1. The molecule has 0 N–H and O–H groups in total. The van der Waals surface area contributed by atoms with E-state index in [0.29, 0.717) is 25.3 Å². The topological polar surface area (TPSA) is 36.0 Å². The standard InChI is InChI=1S/C33H46F3N3O2S/c1-2-3-4-5-6-7-8-9-15-32(40)41-25-24-38-22-20-37(21-23-38)18-12-19-39-28-13-10-11-14-30(28)42-31-17-16-27(26-29(31)39)33(34,35)36/h10-11,13-14,16-17,26H,2-9,12,15,18-25H2,1H3. The van der Waals surface area contributed by atoms with Crippen molar-refractivity contribution in [1.82, 2.24) is 9.80 Å². The Balaban J connectivity index is 1.14. The molecule has 2 aromatic rings. The van der Waals surface area contributed by atoms with Crippen molar-refractivity contribution in [3.8, 4) is 0 Å². The van der Waals surface area contributed by atoms with E-state index in [4.69, 9.17) is 4.74 Å². The van der Waals surface area contributed by atoms with Crippen LogP contribution in [-0.4, -0.2) is 68.2 Å². The van der Waals surface area contributed by atoms with Crippen LogP contribution < -0.4 is 4.90 Å². The van der Waals surface area contributed by atoms with E-state index >= 15 is 0 Å². The first kappa shape index (κ1) is 32.7. The van der Waals surface area contributed by atoms with Crippen LogP contribution in [0.1, 0.15) is 76.7 Å². The second-order valence-corrected chi connectivity index (χ2v) is 12.5. The molecule has 42 heavy (non-hydrogen) atoms. The zero-order chi connectivity index (χ0) is 29.8. The normalized spacial score (nSPS) is 15.9. The highest BCUT2D eigenvalue weighted by Gasteiger charge is 2.33. The monoisotopic (exact) mass is 605 g/mol. The fourth-order valence-electron chi connectivity index (χ4n) is 5.70. The van der Waals surface area contributed by atoms with Crippen molar-refractivity contribution >= 4 is 29.1 Å². The maximum atomic E-state index is 13.5. The van der Waals surface area contributed by atoms with Gasteiger partial charge in [0.1, 0.15) is 6.61 Å². The Morgan fingerprint density at radius 2 is 1.43 bits per heavy atom. The first-order valence-corrected chi connectivity index (χ1v) is 16.5. The second kappa shape index (κ2) is 16.6. The van der Waals surface area contributed by atoms with E-state index in [-0.39, 0.29) is 5.97 Å². The summed E-state index contributed by atoms with van der Waals surface area (Å²) in [5.74, 6) is -0.0822. The molecule has 0 saturated carbocycles. The van der Waals surface area contributed by atoms with E-state index in [0.717, 1.165) is 74.0 Å². The van der Waals surface area contributed by atoms with Crippen molar-refractivity contribution in [3.63, 3.8) is 0 Å². The summed E-state index contributed by atoms with van der Waals surface area (Å²) in [4.78, 5) is 20.8. The van der Waals surface area contributed by atoms with Gasteiger partial charge in [-0.1, -0.05) is 75.8 Å². The lowest BCUT2D eigenvalue weighted by Crippen LogP contribution is -2.47. The lowest BCUT2D eigenvalue weighted by Gasteiger charge is -2.36. The van der Waals surface area contributed by atoms with Crippen LogP contribution in [0.25, 0.3) is 0 Å². The number of fused-ring (bicyclic) bond motifs is 2. The molecule has 0 spiro atoms. The number of hydrogen-bond donors (Lipinski definition) is 0. The summed E-state index contributed by atoms with van der Waals surface area (Å²) in [6, 6.07) is 12.0. The van der Waals surface area contributed by atoms with Crippen molar-refractivity contribution in [2.24, 2.45) is 0 Å². The van der Waals surface area contributed by atoms with Gasteiger partial charge in [-0.25, -0.2) is 0 Å². The molecule has 0 bridgehead atoms. The Bertz CT molecular complexity index is 1120. The fraction of sp³-hybridized carbons (Fsp3) is 0.606. The number of carbonyl (C=O) groups excluding carboxylic acids is 1. The molecule has 0 atom stereocenters. The van der Waals surface area contributed by atoms with Crippen molar-refractivity contribution in [2.75, 3.05) is 57.3 Å². The molecule has 5 nitrogen and oxygen atoms in total. The lowest BCUT2D eigenvalue weighted by atomic mass is 10.1. The molecular weight excluding hydrogens is 559 g/mol. The Labute approximate surface area is 253 Å². The van der Waals surface area contributed by atoms with E-state index in [1.807, 2.05) is 24.3 Å². The van der Waals surface area contributed by atoms with Crippen LogP contribution in [0.5, 0.6) is 0 Å².